The van der Waals surface area contributed by atoms with Crippen LogP contribution in [0.2, 0.25) is 0 Å². The maximum Gasteiger partial charge on any atom is 0.351 e. The molecule has 0 bridgehead atoms. The molecule has 0 saturated carbocycles. The molecule has 0 radical (unpaired) electrons. The van der Waals surface area contributed by atoms with E-state index >= 15 is 0 Å². The van der Waals surface area contributed by atoms with Crippen LogP contribution in [0.4, 0.5) is 5.82 Å². The van der Waals surface area contributed by atoms with Crippen LogP contribution in [0.5, 0.6) is 0 Å². The average Bonchev–Trinajstić information content (AvgIpc) is 3.35. The normalized spacial score (nSPS) is 18.3. The number of hydrogen-bond acceptors (Lipinski definition) is 9. The van der Waals surface area contributed by atoms with E-state index in [9.17, 15) is 14.4 Å². The fraction of sp³-hybridized carbons (Fsp3) is 0.233. The molecule has 10 nitrogen and oxygen atoms in total. The summed E-state index contributed by atoms with van der Waals surface area (Å²) in [5, 5.41) is 0. The van der Waals surface area contributed by atoms with Gasteiger partial charge in [-0.05, 0) is 50.2 Å². The Morgan fingerprint density at radius 1 is 0.975 bits per heavy atom. The van der Waals surface area contributed by atoms with E-state index in [0.717, 1.165) is 11.1 Å². The van der Waals surface area contributed by atoms with Crippen molar-refractivity contribution < 1.29 is 23.8 Å². The lowest BCUT2D eigenvalue weighted by Crippen LogP contribution is -2.32. The van der Waals surface area contributed by atoms with E-state index in [4.69, 9.17) is 19.9 Å². The lowest BCUT2D eigenvalue weighted by atomic mass is 10.1. The molecular formula is C30H28N4O6. The average molecular weight is 541 g/mol. The first-order valence-corrected chi connectivity index (χ1v) is 12.8. The molecule has 0 spiro atoms. The molecule has 40 heavy (non-hydrogen) atoms. The van der Waals surface area contributed by atoms with Gasteiger partial charge in [0.1, 0.15) is 30.9 Å². The quantitative estimate of drug-likeness (QED) is 0.346. The third-order valence-corrected chi connectivity index (χ3v) is 6.62. The zero-order chi connectivity index (χ0) is 28.2. The summed E-state index contributed by atoms with van der Waals surface area (Å²) in [5.74, 6) is -1.07. The molecule has 2 aromatic carbocycles. The number of nitrogens with zero attached hydrogens (tertiary/aromatic N) is 3. The molecular weight excluding hydrogens is 512 g/mol. The number of carbonyl (C=O) groups is 2. The van der Waals surface area contributed by atoms with Gasteiger partial charge >= 0.3 is 17.6 Å². The first kappa shape index (κ1) is 26.8. The molecule has 4 aromatic rings. The third kappa shape index (κ3) is 5.92. The number of nitrogen functional groups attached to an aromatic ring is 1. The van der Waals surface area contributed by atoms with Gasteiger partial charge in [-0.2, -0.15) is 4.98 Å². The third-order valence-electron chi connectivity index (χ3n) is 6.62. The molecule has 1 aliphatic rings. The second-order valence-corrected chi connectivity index (χ2v) is 9.58. The van der Waals surface area contributed by atoms with Crippen LogP contribution in [0.1, 0.15) is 44.5 Å². The predicted molar refractivity (Wildman–Crippen MR) is 147 cm³/mol. The summed E-state index contributed by atoms with van der Waals surface area (Å²) in [5.41, 5.74) is 9.14. The number of benzene rings is 2. The fourth-order valence-electron chi connectivity index (χ4n) is 4.38. The van der Waals surface area contributed by atoms with Crippen LogP contribution in [0.3, 0.4) is 0 Å². The number of carbonyl (C=O) groups excluding carboxylic acids is 2. The van der Waals surface area contributed by atoms with Crippen LogP contribution in [0.15, 0.2) is 83.9 Å². The first-order chi connectivity index (χ1) is 19.3. The van der Waals surface area contributed by atoms with Crippen LogP contribution in [0.25, 0.3) is 11.3 Å². The van der Waals surface area contributed by atoms with Crippen molar-refractivity contribution in [3.63, 3.8) is 0 Å². The van der Waals surface area contributed by atoms with E-state index < -0.39 is 36.1 Å². The van der Waals surface area contributed by atoms with Gasteiger partial charge in [-0.15, -0.1) is 0 Å². The van der Waals surface area contributed by atoms with Crippen LogP contribution in [0, 0.1) is 13.8 Å². The van der Waals surface area contributed by atoms with E-state index in [1.54, 1.807) is 48.7 Å². The summed E-state index contributed by atoms with van der Waals surface area (Å²) < 4.78 is 18.8. The highest BCUT2D eigenvalue weighted by Crippen LogP contribution is 2.32. The van der Waals surface area contributed by atoms with Crippen LogP contribution in [-0.2, 0) is 14.2 Å². The number of aromatic nitrogens is 3. The zero-order valence-electron chi connectivity index (χ0n) is 22.0. The van der Waals surface area contributed by atoms with Crippen molar-refractivity contribution in [1.82, 2.24) is 14.5 Å². The minimum Gasteiger partial charge on any atom is -0.459 e. The number of esters is 2. The predicted octanol–water partition coefficient (Wildman–Crippen LogP) is 3.87. The van der Waals surface area contributed by atoms with Crippen LogP contribution >= 0.6 is 0 Å². The number of aryl methyl sites for hydroxylation is 2. The van der Waals surface area contributed by atoms with Gasteiger partial charge in [0.05, 0.1) is 22.4 Å². The van der Waals surface area contributed by atoms with Gasteiger partial charge in [-0.25, -0.2) is 14.4 Å². The van der Waals surface area contributed by atoms with Crippen molar-refractivity contribution in [2.45, 2.75) is 38.7 Å². The van der Waals surface area contributed by atoms with E-state index in [1.807, 2.05) is 38.1 Å². The Labute approximate surface area is 230 Å². The molecule has 10 heteroatoms. The number of anilines is 1. The topological polar surface area (TPSA) is 136 Å². The van der Waals surface area contributed by atoms with E-state index in [2.05, 4.69) is 9.97 Å². The lowest BCUT2D eigenvalue weighted by molar-refractivity contribution is -0.0581. The van der Waals surface area contributed by atoms with Gasteiger partial charge in [0.15, 0.2) is 0 Å². The van der Waals surface area contributed by atoms with Crippen molar-refractivity contribution in [2.75, 3.05) is 12.3 Å². The summed E-state index contributed by atoms with van der Waals surface area (Å²) in [7, 11) is 0. The molecule has 3 atom stereocenters. The molecule has 1 aliphatic heterocycles. The van der Waals surface area contributed by atoms with Gasteiger partial charge in [0.25, 0.3) is 0 Å². The maximum atomic E-state index is 13.0. The van der Waals surface area contributed by atoms with Gasteiger partial charge < -0.3 is 19.9 Å². The molecule has 1 fully saturated rings. The Hall–Kier alpha value is -4.83. The largest absolute Gasteiger partial charge is 0.459 e. The molecule has 204 valence electrons. The number of rotatable bonds is 7. The summed E-state index contributed by atoms with van der Waals surface area (Å²) in [4.78, 5) is 46.7. The molecule has 3 heterocycles. The van der Waals surface area contributed by atoms with Crippen molar-refractivity contribution in [2.24, 2.45) is 0 Å². The standard InChI is InChI=1S/C30H28N4O6/c1-18-6-10-20(11-7-18)28(35)38-17-25-24(40-29(36)21-12-8-19(2)9-13-21)15-26(39-25)34-16-22(27(31)33-30(34)37)23-5-3-4-14-32-23/h3-14,16,24-26H,15,17H2,1-2H3,(H2,31,33,37)/t24-,25+,26+/m0/s1. The van der Waals surface area contributed by atoms with Crippen molar-refractivity contribution >= 4 is 17.8 Å². The van der Waals surface area contributed by atoms with Gasteiger partial charge in [-0.3, -0.25) is 9.55 Å². The zero-order valence-corrected chi connectivity index (χ0v) is 22.0. The maximum absolute atomic E-state index is 13.0. The van der Waals surface area contributed by atoms with Gasteiger partial charge in [0.2, 0.25) is 0 Å². The Morgan fingerprint density at radius 2 is 1.62 bits per heavy atom. The van der Waals surface area contributed by atoms with Crippen LogP contribution in [-0.4, -0.2) is 45.3 Å². The van der Waals surface area contributed by atoms with Crippen molar-refractivity contribution in [1.29, 1.82) is 0 Å². The Bertz CT molecular complexity index is 1570. The van der Waals surface area contributed by atoms with Crippen molar-refractivity contribution in [3.8, 4) is 11.3 Å². The van der Waals surface area contributed by atoms with E-state index in [-0.39, 0.29) is 18.8 Å². The second kappa shape index (κ2) is 11.5. The van der Waals surface area contributed by atoms with Crippen LogP contribution < -0.4 is 11.4 Å². The minimum absolute atomic E-state index is 0.0314. The molecule has 1 saturated heterocycles. The first-order valence-electron chi connectivity index (χ1n) is 12.8. The number of ether oxygens (including phenoxy) is 3. The highest BCUT2D eigenvalue weighted by molar-refractivity contribution is 5.90. The van der Waals surface area contributed by atoms with Gasteiger partial charge in [0, 0.05) is 18.8 Å². The lowest BCUT2D eigenvalue weighted by Gasteiger charge is -2.19. The minimum atomic E-state index is -0.859. The molecule has 2 aromatic heterocycles. The molecule has 0 unspecified atom stereocenters. The Kier molecular flexibility index (Phi) is 7.70. The Morgan fingerprint density at radius 3 is 2.25 bits per heavy atom. The number of pyridine rings is 1. The number of nitrogens with two attached hydrogens (primary N) is 1. The second-order valence-electron chi connectivity index (χ2n) is 9.58. The molecule has 2 N–H and O–H groups in total. The highest BCUT2D eigenvalue weighted by atomic mass is 16.6. The van der Waals surface area contributed by atoms with E-state index in [1.165, 1.54) is 10.8 Å². The molecule has 0 aliphatic carbocycles. The number of hydrogen-bond donors (Lipinski definition) is 1. The molecule has 5 rings (SSSR count). The van der Waals surface area contributed by atoms with Gasteiger partial charge in [-0.1, -0.05) is 41.5 Å². The molecule has 0 amide bonds. The summed E-state index contributed by atoms with van der Waals surface area (Å²) in [6.07, 6.45) is 0.746. The summed E-state index contributed by atoms with van der Waals surface area (Å²) in [6, 6.07) is 19.2. The summed E-state index contributed by atoms with van der Waals surface area (Å²) in [6.45, 7) is 3.64. The fourth-order valence-corrected chi connectivity index (χ4v) is 4.38. The highest BCUT2D eigenvalue weighted by Gasteiger charge is 2.40. The smallest absolute Gasteiger partial charge is 0.351 e. The summed E-state index contributed by atoms with van der Waals surface area (Å²) >= 11 is 0. The Balaban J connectivity index is 1.39. The SMILES string of the molecule is Cc1ccc(C(=O)OC[C@H]2O[C@@H](n3cc(-c4ccccn4)c(N)nc3=O)C[C@@H]2OC(=O)c2ccc(C)cc2)cc1. The van der Waals surface area contributed by atoms with Crippen molar-refractivity contribution in [3.05, 3.63) is 112 Å². The van der Waals surface area contributed by atoms with E-state index in [0.29, 0.717) is 22.4 Å². The monoisotopic (exact) mass is 540 g/mol.